The molecule has 1 aromatic heterocycles. The second-order valence-electron chi connectivity index (χ2n) is 4.26. The fourth-order valence-electron chi connectivity index (χ4n) is 1.86. The Hall–Kier alpha value is -2.90. The molecule has 8 nitrogen and oxygen atoms in total. The van der Waals surface area contributed by atoms with Gasteiger partial charge in [0.2, 0.25) is 5.91 Å². The summed E-state index contributed by atoms with van der Waals surface area (Å²) in [6.45, 7) is 2.07. The van der Waals surface area contributed by atoms with Gasteiger partial charge >= 0.3 is 5.97 Å². The van der Waals surface area contributed by atoms with Crippen LogP contribution in [0, 0.1) is 0 Å². The number of carbonyl (C=O) groups is 2. The van der Waals surface area contributed by atoms with Gasteiger partial charge in [0.25, 0.3) is 0 Å². The lowest BCUT2D eigenvalue weighted by Gasteiger charge is -2.21. The van der Waals surface area contributed by atoms with E-state index in [-0.39, 0.29) is 23.9 Å². The van der Waals surface area contributed by atoms with E-state index in [1.54, 1.807) is 19.1 Å². The molecule has 0 radical (unpaired) electrons. The fourth-order valence-corrected chi connectivity index (χ4v) is 1.86. The highest BCUT2D eigenvalue weighted by Gasteiger charge is 2.17. The van der Waals surface area contributed by atoms with Crippen LogP contribution >= 0.6 is 0 Å². The van der Waals surface area contributed by atoms with Gasteiger partial charge in [0.15, 0.2) is 5.69 Å². The number of carbonyl (C=O) groups excluding carboxylic acids is 1. The number of benzene rings is 1. The van der Waals surface area contributed by atoms with Crippen molar-refractivity contribution in [3.05, 3.63) is 36.2 Å². The zero-order valence-electron chi connectivity index (χ0n) is 11.3. The number of carboxylic acid groups (broad SMARTS) is 1. The quantitative estimate of drug-likeness (QED) is 0.840. The Balaban J connectivity index is 2.14. The van der Waals surface area contributed by atoms with E-state index in [1.807, 2.05) is 0 Å². The van der Waals surface area contributed by atoms with Crippen molar-refractivity contribution in [1.29, 1.82) is 0 Å². The van der Waals surface area contributed by atoms with E-state index in [0.717, 1.165) is 4.68 Å². The molecule has 2 N–H and O–H groups in total. The minimum absolute atomic E-state index is 0.0627. The van der Waals surface area contributed by atoms with Gasteiger partial charge in [-0.1, -0.05) is 11.3 Å². The highest BCUT2D eigenvalue weighted by molar-refractivity contribution is 5.93. The number of aromatic carboxylic acids is 1. The molecule has 110 valence electrons. The van der Waals surface area contributed by atoms with Gasteiger partial charge in [-0.05, 0) is 19.1 Å². The lowest BCUT2D eigenvalue weighted by atomic mass is 10.2. The zero-order chi connectivity index (χ0) is 15.4. The van der Waals surface area contributed by atoms with E-state index in [4.69, 9.17) is 5.11 Å². The molecular weight excluding hydrogens is 276 g/mol. The topological polar surface area (TPSA) is 109 Å². The van der Waals surface area contributed by atoms with Gasteiger partial charge in [-0.3, -0.25) is 4.79 Å². The van der Waals surface area contributed by atoms with Crippen LogP contribution < -0.4 is 4.90 Å². The lowest BCUT2D eigenvalue weighted by Crippen LogP contribution is -2.33. The first-order valence-electron chi connectivity index (χ1n) is 6.24. The maximum Gasteiger partial charge on any atom is 0.358 e. The molecule has 1 heterocycles. The number of aromatic hydroxyl groups is 1. The molecule has 0 spiro atoms. The van der Waals surface area contributed by atoms with E-state index in [9.17, 15) is 14.7 Å². The summed E-state index contributed by atoms with van der Waals surface area (Å²) in [5.41, 5.74) is 0.337. The molecule has 0 atom stereocenters. The summed E-state index contributed by atoms with van der Waals surface area (Å²) >= 11 is 0. The summed E-state index contributed by atoms with van der Waals surface area (Å²) < 4.78 is 1.16. The minimum Gasteiger partial charge on any atom is -0.508 e. The molecule has 1 aromatic carbocycles. The van der Waals surface area contributed by atoms with Crippen LogP contribution in [-0.2, 0) is 11.3 Å². The number of aromatic nitrogens is 3. The Kier molecular flexibility index (Phi) is 4.17. The van der Waals surface area contributed by atoms with E-state index in [2.05, 4.69) is 10.3 Å². The molecule has 21 heavy (non-hydrogen) atoms. The van der Waals surface area contributed by atoms with Crippen molar-refractivity contribution in [3.63, 3.8) is 0 Å². The van der Waals surface area contributed by atoms with Crippen molar-refractivity contribution in [1.82, 2.24) is 15.0 Å². The summed E-state index contributed by atoms with van der Waals surface area (Å²) in [5.74, 6) is -1.42. The number of phenols is 1. The van der Waals surface area contributed by atoms with Crippen molar-refractivity contribution in [2.45, 2.75) is 13.5 Å². The van der Waals surface area contributed by atoms with Crippen LogP contribution in [-0.4, -0.2) is 43.6 Å². The Labute approximate surface area is 120 Å². The number of nitrogens with zero attached hydrogens (tertiary/aromatic N) is 4. The second-order valence-corrected chi connectivity index (χ2v) is 4.26. The zero-order valence-corrected chi connectivity index (χ0v) is 11.3. The fraction of sp³-hybridized carbons (Fsp3) is 0.231. The standard InChI is InChI=1S/C13H14N4O4/c1-2-17(9-4-3-5-10(18)6-9)12(19)8-16-7-11(13(20)21)14-15-16/h3-7,18H,2,8H2,1H3,(H,20,21). The summed E-state index contributed by atoms with van der Waals surface area (Å²) in [6, 6.07) is 6.33. The lowest BCUT2D eigenvalue weighted by molar-refractivity contribution is -0.119. The predicted molar refractivity (Wildman–Crippen MR) is 73.1 cm³/mol. The Morgan fingerprint density at radius 1 is 1.38 bits per heavy atom. The van der Waals surface area contributed by atoms with E-state index < -0.39 is 5.97 Å². The van der Waals surface area contributed by atoms with Crippen molar-refractivity contribution < 1.29 is 19.8 Å². The molecule has 0 bridgehead atoms. The van der Waals surface area contributed by atoms with Gasteiger partial charge in [0, 0.05) is 18.3 Å². The van der Waals surface area contributed by atoms with Crippen LogP contribution in [0.5, 0.6) is 5.75 Å². The maximum absolute atomic E-state index is 12.2. The van der Waals surface area contributed by atoms with Crippen LogP contribution in [0.2, 0.25) is 0 Å². The van der Waals surface area contributed by atoms with Gasteiger partial charge in [0.1, 0.15) is 12.3 Å². The van der Waals surface area contributed by atoms with Crippen LogP contribution in [0.3, 0.4) is 0 Å². The monoisotopic (exact) mass is 290 g/mol. The molecule has 0 aliphatic heterocycles. The molecule has 8 heteroatoms. The normalized spacial score (nSPS) is 10.3. The second kappa shape index (κ2) is 6.04. The van der Waals surface area contributed by atoms with Crippen LogP contribution in [0.25, 0.3) is 0 Å². The largest absolute Gasteiger partial charge is 0.508 e. The molecule has 0 aliphatic rings. The SMILES string of the molecule is CCN(C(=O)Cn1cc(C(=O)O)nn1)c1cccc(O)c1. The van der Waals surface area contributed by atoms with E-state index in [0.29, 0.717) is 12.2 Å². The van der Waals surface area contributed by atoms with E-state index in [1.165, 1.54) is 23.2 Å². The predicted octanol–water partition coefficient (Wildman–Crippen LogP) is 0.735. The molecule has 1 amide bonds. The molecule has 0 unspecified atom stereocenters. The Bertz CT molecular complexity index is 668. The van der Waals surface area contributed by atoms with Crippen LogP contribution in [0.15, 0.2) is 30.5 Å². The van der Waals surface area contributed by atoms with Gasteiger partial charge in [0.05, 0.1) is 6.20 Å². The number of likely N-dealkylation sites (N-methyl/N-ethyl adjacent to an activating group) is 1. The van der Waals surface area contributed by atoms with Crippen LogP contribution in [0.4, 0.5) is 5.69 Å². The third kappa shape index (κ3) is 3.35. The smallest absolute Gasteiger partial charge is 0.358 e. The first-order chi connectivity index (χ1) is 10.0. The molecular formula is C13H14N4O4. The number of hydrogen-bond donors (Lipinski definition) is 2. The van der Waals surface area contributed by atoms with Crippen molar-refractivity contribution in [2.75, 3.05) is 11.4 Å². The van der Waals surface area contributed by atoms with Gasteiger partial charge < -0.3 is 15.1 Å². The van der Waals surface area contributed by atoms with Crippen molar-refractivity contribution in [3.8, 4) is 5.75 Å². The van der Waals surface area contributed by atoms with Crippen LogP contribution in [0.1, 0.15) is 17.4 Å². The Morgan fingerprint density at radius 3 is 2.71 bits per heavy atom. The minimum atomic E-state index is -1.20. The first-order valence-corrected chi connectivity index (χ1v) is 6.24. The highest BCUT2D eigenvalue weighted by Crippen LogP contribution is 2.20. The van der Waals surface area contributed by atoms with Gasteiger partial charge in [-0.25, -0.2) is 9.48 Å². The molecule has 2 rings (SSSR count). The Morgan fingerprint density at radius 2 is 2.14 bits per heavy atom. The average Bonchev–Trinajstić information content (AvgIpc) is 2.88. The summed E-state index contributed by atoms with van der Waals surface area (Å²) in [4.78, 5) is 24.4. The average molecular weight is 290 g/mol. The third-order valence-electron chi connectivity index (χ3n) is 2.81. The molecule has 0 fully saturated rings. The van der Waals surface area contributed by atoms with Gasteiger partial charge in [-0.2, -0.15) is 0 Å². The number of amides is 1. The molecule has 2 aromatic rings. The first kappa shape index (κ1) is 14.5. The summed E-state index contributed by atoms with van der Waals surface area (Å²) in [7, 11) is 0. The number of phenolic OH excluding ortho intramolecular Hbond substituents is 1. The highest BCUT2D eigenvalue weighted by atomic mass is 16.4. The van der Waals surface area contributed by atoms with Crippen molar-refractivity contribution in [2.24, 2.45) is 0 Å². The number of hydrogen-bond acceptors (Lipinski definition) is 5. The summed E-state index contributed by atoms with van der Waals surface area (Å²) in [5, 5.41) is 25.3. The molecule has 0 saturated carbocycles. The maximum atomic E-state index is 12.2. The number of anilines is 1. The van der Waals surface area contributed by atoms with Crippen molar-refractivity contribution >= 4 is 17.6 Å². The van der Waals surface area contributed by atoms with E-state index >= 15 is 0 Å². The number of carboxylic acids is 1. The third-order valence-corrected chi connectivity index (χ3v) is 2.81. The molecule has 0 saturated heterocycles. The summed E-state index contributed by atoms with van der Waals surface area (Å²) in [6.07, 6.45) is 1.19. The van der Waals surface area contributed by atoms with Gasteiger partial charge in [-0.15, -0.1) is 5.10 Å². The molecule has 0 aliphatic carbocycles. The number of rotatable bonds is 5.